The first-order chi connectivity index (χ1) is 27.9. The largest absolute Gasteiger partial charge is 0.310 e. The third kappa shape index (κ3) is 4.65. The van der Waals surface area contributed by atoms with Gasteiger partial charge in [0.15, 0.2) is 0 Å². The molecule has 1 nitrogen and oxygen atoms in total. The maximum atomic E-state index is 2.70. The van der Waals surface area contributed by atoms with Gasteiger partial charge in [0.1, 0.15) is 0 Å². The molecule has 0 heterocycles. The van der Waals surface area contributed by atoms with Crippen LogP contribution in [0.2, 0.25) is 0 Å². The molecule has 7 aliphatic rings. The average molecular weight is 756 g/mol. The predicted octanol–water partition coefficient (Wildman–Crippen LogP) is 15.2. The second-order valence-corrected chi connectivity index (χ2v) is 21.2. The summed E-state index contributed by atoms with van der Waals surface area (Å²) < 4.78 is 0. The molecular weight excluding hydrogens is 699 g/mol. The third-order valence-electron chi connectivity index (χ3n) is 16.9. The Kier molecular flexibility index (Phi) is 7.18. The van der Waals surface area contributed by atoms with Crippen LogP contribution in [0.4, 0.5) is 17.1 Å². The number of anilines is 3. The van der Waals surface area contributed by atoms with E-state index in [1.165, 1.54) is 118 Å². The first-order valence-corrected chi connectivity index (χ1v) is 22.5. The van der Waals surface area contributed by atoms with Crippen LogP contribution in [0.15, 0.2) is 127 Å². The smallest absolute Gasteiger partial charge is 0.0465 e. The molecule has 6 aromatic rings. The summed E-state index contributed by atoms with van der Waals surface area (Å²) >= 11 is 0. The van der Waals surface area contributed by atoms with Crippen molar-refractivity contribution in [1.29, 1.82) is 0 Å². The molecule has 290 valence electrons. The van der Waals surface area contributed by atoms with Gasteiger partial charge in [0.2, 0.25) is 0 Å². The van der Waals surface area contributed by atoms with Gasteiger partial charge in [0.25, 0.3) is 0 Å². The van der Waals surface area contributed by atoms with Crippen LogP contribution in [-0.2, 0) is 21.7 Å². The van der Waals surface area contributed by atoms with E-state index in [9.17, 15) is 0 Å². The molecule has 0 aromatic heterocycles. The Labute approximate surface area is 346 Å². The lowest BCUT2D eigenvalue weighted by molar-refractivity contribution is -0.0399. The van der Waals surface area contributed by atoms with Crippen LogP contribution in [-0.4, -0.2) is 0 Å². The molecule has 6 aromatic carbocycles. The summed E-state index contributed by atoms with van der Waals surface area (Å²) in [6, 6.07) is 50.2. The number of hydrogen-bond donors (Lipinski definition) is 0. The molecule has 0 amide bonds. The Balaban J connectivity index is 1.10. The summed E-state index contributed by atoms with van der Waals surface area (Å²) in [4.78, 5) is 2.64. The maximum Gasteiger partial charge on any atom is 0.0465 e. The second-order valence-electron chi connectivity index (χ2n) is 21.2. The molecule has 7 aliphatic carbocycles. The molecule has 4 bridgehead atoms. The van der Waals surface area contributed by atoms with Crippen molar-refractivity contribution in [3.63, 3.8) is 0 Å². The van der Waals surface area contributed by atoms with Crippen molar-refractivity contribution in [2.75, 3.05) is 4.90 Å². The van der Waals surface area contributed by atoms with Crippen molar-refractivity contribution < 1.29 is 0 Å². The molecule has 0 aliphatic heterocycles. The molecule has 0 unspecified atom stereocenters. The number of nitrogens with zero attached hydrogens (tertiary/aromatic N) is 1. The van der Waals surface area contributed by atoms with Gasteiger partial charge >= 0.3 is 0 Å². The van der Waals surface area contributed by atoms with Gasteiger partial charge in [-0.25, -0.2) is 0 Å². The maximum absolute atomic E-state index is 2.70. The van der Waals surface area contributed by atoms with Gasteiger partial charge in [-0.05, 0) is 183 Å². The fraction of sp³-hybridized carbons (Fsp3) is 0.368. The van der Waals surface area contributed by atoms with Crippen molar-refractivity contribution in [3.05, 3.63) is 161 Å². The first-order valence-electron chi connectivity index (χ1n) is 22.5. The predicted molar refractivity (Wildman–Crippen MR) is 243 cm³/mol. The van der Waals surface area contributed by atoms with E-state index in [-0.39, 0.29) is 21.7 Å². The summed E-state index contributed by atoms with van der Waals surface area (Å²) in [6.45, 7) is 14.7. The minimum atomic E-state index is -0.0761. The molecule has 1 heteroatoms. The molecule has 1 spiro atoms. The van der Waals surface area contributed by atoms with Crippen molar-refractivity contribution in [3.8, 4) is 33.4 Å². The highest BCUT2D eigenvalue weighted by molar-refractivity contribution is 5.95. The molecule has 0 saturated heterocycles. The Morgan fingerprint density at radius 1 is 0.414 bits per heavy atom. The topological polar surface area (TPSA) is 3.24 Å². The van der Waals surface area contributed by atoms with Gasteiger partial charge in [-0.3, -0.25) is 0 Å². The van der Waals surface area contributed by atoms with Crippen LogP contribution in [0.5, 0.6) is 0 Å². The minimum absolute atomic E-state index is 0.0635. The lowest BCUT2D eigenvalue weighted by atomic mass is 9.43. The van der Waals surface area contributed by atoms with Gasteiger partial charge in [0.05, 0.1) is 0 Å². The normalized spacial score (nSPS) is 26.8. The third-order valence-corrected chi connectivity index (χ3v) is 16.9. The fourth-order valence-corrected chi connectivity index (χ4v) is 14.2. The molecule has 0 radical (unpaired) electrons. The van der Waals surface area contributed by atoms with E-state index in [1.807, 2.05) is 0 Å². The van der Waals surface area contributed by atoms with Crippen LogP contribution in [0, 0.1) is 23.7 Å². The number of hydrogen-bond acceptors (Lipinski definition) is 1. The van der Waals surface area contributed by atoms with Crippen LogP contribution in [0.25, 0.3) is 33.4 Å². The monoisotopic (exact) mass is 755 g/mol. The summed E-state index contributed by atoms with van der Waals surface area (Å²) in [5, 5.41) is 0. The minimum Gasteiger partial charge on any atom is -0.310 e. The van der Waals surface area contributed by atoms with Gasteiger partial charge in [0, 0.05) is 27.9 Å². The standard InChI is InChI=1S/C57H57N/c1-54(2)25-26-55(3,4)52-34-42(21-24-48(52)54)58(40-19-22-45-44-15-10-11-17-47(44)56(5,6)50(45)32-40)41-20-23-46-51(33-41)57(38-28-35-27-36(30-38)31-39(57)29-35)49-18-12-16-43(53(46)49)37-13-8-7-9-14-37/h7-24,32-36,38-39H,25-31H2,1-6H3. The molecule has 4 saturated carbocycles. The van der Waals surface area contributed by atoms with Gasteiger partial charge in [-0.1, -0.05) is 133 Å². The Morgan fingerprint density at radius 3 is 1.66 bits per heavy atom. The second kappa shape index (κ2) is 11.9. The highest BCUT2D eigenvalue weighted by Crippen LogP contribution is 2.70. The molecule has 0 atom stereocenters. The Hall–Kier alpha value is -4.88. The van der Waals surface area contributed by atoms with E-state index in [2.05, 4.69) is 174 Å². The lowest BCUT2D eigenvalue weighted by Gasteiger charge is -2.61. The average Bonchev–Trinajstić information content (AvgIpc) is 3.64. The number of fused-ring (bicyclic) bond motifs is 7. The van der Waals surface area contributed by atoms with Crippen LogP contribution in [0.1, 0.15) is 120 Å². The van der Waals surface area contributed by atoms with E-state index < -0.39 is 0 Å². The van der Waals surface area contributed by atoms with Crippen molar-refractivity contribution in [1.82, 2.24) is 0 Å². The molecule has 58 heavy (non-hydrogen) atoms. The van der Waals surface area contributed by atoms with Crippen molar-refractivity contribution in [2.45, 2.75) is 108 Å². The van der Waals surface area contributed by atoms with E-state index in [4.69, 9.17) is 0 Å². The molecule has 4 fully saturated rings. The summed E-state index contributed by atoms with van der Waals surface area (Å²) in [5.74, 6) is 3.20. The lowest BCUT2D eigenvalue weighted by Crippen LogP contribution is -2.55. The van der Waals surface area contributed by atoms with Crippen molar-refractivity contribution in [2.24, 2.45) is 23.7 Å². The van der Waals surface area contributed by atoms with E-state index >= 15 is 0 Å². The quantitative estimate of drug-likeness (QED) is 0.173. The molecule has 13 rings (SSSR count). The van der Waals surface area contributed by atoms with Crippen LogP contribution < -0.4 is 4.90 Å². The fourth-order valence-electron chi connectivity index (χ4n) is 14.2. The van der Waals surface area contributed by atoms with Crippen LogP contribution >= 0.6 is 0 Å². The highest BCUT2D eigenvalue weighted by Gasteiger charge is 2.62. The SMILES string of the molecule is CC1(C)CCC(C)(C)c2cc(N(c3ccc4c(c3)C(C)(C)c3ccccc3-4)c3ccc4c(c3)C3(c5cccc(-c6ccccc6)c5-4)C4CC5CC(C4)CC3C5)ccc21. The van der Waals surface area contributed by atoms with Crippen LogP contribution in [0.3, 0.4) is 0 Å². The summed E-state index contributed by atoms with van der Waals surface area (Å²) in [5.41, 5.74) is 21.7. The van der Waals surface area contributed by atoms with Gasteiger partial charge in [-0.2, -0.15) is 0 Å². The zero-order chi connectivity index (χ0) is 39.3. The zero-order valence-corrected chi connectivity index (χ0v) is 35.3. The summed E-state index contributed by atoms with van der Waals surface area (Å²) in [7, 11) is 0. The Morgan fingerprint density at radius 2 is 0.948 bits per heavy atom. The van der Waals surface area contributed by atoms with Crippen molar-refractivity contribution >= 4 is 17.1 Å². The zero-order valence-electron chi connectivity index (χ0n) is 35.3. The summed E-state index contributed by atoms with van der Waals surface area (Å²) in [6.07, 6.45) is 9.41. The molecular formula is C57H57N. The first kappa shape index (κ1) is 35.1. The van der Waals surface area contributed by atoms with E-state index in [0.29, 0.717) is 11.8 Å². The van der Waals surface area contributed by atoms with Gasteiger partial charge in [-0.15, -0.1) is 0 Å². The molecule has 0 N–H and O–H groups in total. The van der Waals surface area contributed by atoms with Gasteiger partial charge < -0.3 is 4.90 Å². The number of rotatable bonds is 4. The van der Waals surface area contributed by atoms with E-state index in [0.717, 1.165) is 11.8 Å². The highest BCUT2D eigenvalue weighted by atomic mass is 15.1. The Bertz CT molecular complexity index is 2640. The number of benzene rings is 6. The van der Waals surface area contributed by atoms with E-state index in [1.54, 1.807) is 11.1 Å².